The molecule has 3 aliphatic heterocycles. The van der Waals surface area contributed by atoms with E-state index in [2.05, 4.69) is 35.0 Å². The van der Waals surface area contributed by atoms with E-state index in [9.17, 15) is 0 Å². The lowest BCUT2D eigenvalue weighted by Crippen LogP contribution is -2.58. The Morgan fingerprint density at radius 1 is 1.08 bits per heavy atom. The minimum absolute atomic E-state index is 0.267. The number of hydrogen-bond donors (Lipinski definition) is 0. The quantitative estimate of drug-likeness (QED) is 0.713. The number of ether oxygens (including phenoxy) is 1. The van der Waals surface area contributed by atoms with Crippen LogP contribution in [0.1, 0.15) is 19.8 Å². The van der Waals surface area contributed by atoms with Crippen molar-refractivity contribution in [3.05, 3.63) is 48.9 Å². The molecule has 5 heterocycles. The average Bonchev–Trinajstić information content (AvgIpc) is 3.13. The van der Waals surface area contributed by atoms with E-state index in [4.69, 9.17) is 9.15 Å². The summed E-state index contributed by atoms with van der Waals surface area (Å²) in [5.41, 5.74) is 3.15. The molecule has 25 heavy (non-hydrogen) atoms. The minimum Gasteiger partial charge on any atom is -0.472 e. The predicted octanol–water partition coefficient (Wildman–Crippen LogP) is 4.36. The van der Waals surface area contributed by atoms with Crippen LogP contribution in [-0.4, -0.2) is 35.1 Å². The third-order valence-corrected chi connectivity index (χ3v) is 5.87. The van der Waals surface area contributed by atoms with Crippen LogP contribution in [0.4, 0.5) is 0 Å². The number of benzene rings is 1. The van der Waals surface area contributed by atoms with Gasteiger partial charge < -0.3 is 9.15 Å². The van der Waals surface area contributed by atoms with Crippen LogP contribution in [-0.2, 0) is 0 Å². The fourth-order valence-corrected chi connectivity index (χ4v) is 4.36. The highest BCUT2D eigenvalue weighted by Crippen LogP contribution is 2.35. The molecule has 3 saturated heterocycles. The Labute approximate surface area is 147 Å². The van der Waals surface area contributed by atoms with E-state index in [1.54, 1.807) is 6.26 Å². The summed E-state index contributed by atoms with van der Waals surface area (Å²) in [6, 6.07) is 12.8. The number of fused-ring (bicyclic) bond motifs is 4. The molecule has 0 radical (unpaired) electrons. The summed E-state index contributed by atoms with van der Waals surface area (Å²) in [4.78, 5) is 7.11. The second kappa shape index (κ2) is 5.88. The zero-order valence-electron chi connectivity index (χ0n) is 14.4. The van der Waals surface area contributed by atoms with Crippen LogP contribution in [0.15, 0.2) is 53.3 Å². The van der Waals surface area contributed by atoms with Gasteiger partial charge in [0.05, 0.1) is 6.26 Å². The first-order chi connectivity index (χ1) is 12.3. The highest BCUT2D eigenvalue weighted by Gasteiger charge is 2.41. The van der Waals surface area contributed by atoms with Crippen LogP contribution >= 0.6 is 0 Å². The Hall–Kier alpha value is -2.33. The SMILES string of the molecule is C[C@H]1[C@H](Oc2ccc(-c3ccc4occc4c3)cn2)C2CCN1CC2. The number of rotatable bonds is 3. The van der Waals surface area contributed by atoms with Crippen molar-refractivity contribution in [1.82, 2.24) is 9.88 Å². The maximum absolute atomic E-state index is 6.28. The van der Waals surface area contributed by atoms with Crippen molar-refractivity contribution in [3.8, 4) is 17.0 Å². The van der Waals surface area contributed by atoms with E-state index in [1.807, 2.05) is 24.4 Å². The predicted molar refractivity (Wildman–Crippen MR) is 97.6 cm³/mol. The van der Waals surface area contributed by atoms with Crippen molar-refractivity contribution in [1.29, 1.82) is 0 Å². The summed E-state index contributed by atoms with van der Waals surface area (Å²) in [6.07, 6.45) is 6.39. The molecular formula is C21H22N2O2. The Morgan fingerprint density at radius 3 is 2.68 bits per heavy atom. The maximum Gasteiger partial charge on any atom is 0.213 e. The molecule has 6 rings (SSSR count). The molecule has 0 aliphatic carbocycles. The van der Waals surface area contributed by atoms with Gasteiger partial charge in [0.15, 0.2) is 0 Å². The first-order valence-corrected chi connectivity index (χ1v) is 9.12. The largest absolute Gasteiger partial charge is 0.472 e. The van der Waals surface area contributed by atoms with Crippen molar-refractivity contribution in [2.75, 3.05) is 13.1 Å². The van der Waals surface area contributed by atoms with Gasteiger partial charge >= 0.3 is 0 Å². The summed E-state index contributed by atoms with van der Waals surface area (Å²) in [7, 11) is 0. The van der Waals surface area contributed by atoms with Gasteiger partial charge in [0.1, 0.15) is 11.7 Å². The lowest BCUT2D eigenvalue weighted by Gasteiger charge is -2.49. The number of pyridine rings is 1. The molecule has 0 spiro atoms. The fraction of sp³-hybridized carbons (Fsp3) is 0.381. The first-order valence-electron chi connectivity index (χ1n) is 9.12. The van der Waals surface area contributed by atoms with Crippen LogP contribution in [0.2, 0.25) is 0 Å². The Morgan fingerprint density at radius 2 is 1.92 bits per heavy atom. The molecule has 4 nitrogen and oxygen atoms in total. The van der Waals surface area contributed by atoms with E-state index >= 15 is 0 Å². The number of furan rings is 1. The molecule has 0 saturated carbocycles. The molecular weight excluding hydrogens is 312 g/mol. The Kier molecular flexibility index (Phi) is 3.52. The summed E-state index contributed by atoms with van der Waals surface area (Å²) in [6.45, 7) is 4.72. The highest BCUT2D eigenvalue weighted by molar-refractivity contribution is 5.83. The van der Waals surface area contributed by atoms with Gasteiger partial charge in [-0.3, -0.25) is 4.90 Å². The second-order valence-corrected chi connectivity index (χ2v) is 7.25. The summed E-state index contributed by atoms with van der Waals surface area (Å²) < 4.78 is 11.7. The smallest absolute Gasteiger partial charge is 0.213 e. The van der Waals surface area contributed by atoms with Gasteiger partial charge in [0.2, 0.25) is 5.88 Å². The summed E-state index contributed by atoms with van der Waals surface area (Å²) in [5.74, 6) is 1.41. The van der Waals surface area contributed by atoms with E-state index < -0.39 is 0 Å². The monoisotopic (exact) mass is 334 g/mol. The molecule has 3 aromatic rings. The molecule has 0 N–H and O–H groups in total. The lowest BCUT2D eigenvalue weighted by molar-refractivity contribution is -0.0525. The topological polar surface area (TPSA) is 38.5 Å². The van der Waals surface area contributed by atoms with E-state index in [0.29, 0.717) is 12.0 Å². The molecule has 4 heteroatoms. The van der Waals surface area contributed by atoms with Gasteiger partial charge in [-0.15, -0.1) is 0 Å². The fourth-order valence-electron chi connectivity index (χ4n) is 4.36. The molecule has 2 atom stereocenters. The number of aromatic nitrogens is 1. The van der Waals surface area contributed by atoms with Crippen molar-refractivity contribution in [2.24, 2.45) is 5.92 Å². The van der Waals surface area contributed by atoms with Crippen LogP contribution < -0.4 is 4.74 Å². The average molecular weight is 334 g/mol. The van der Waals surface area contributed by atoms with Gasteiger partial charge in [-0.05, 0) is 68.6 Å². The number of hydrogen-bond acceptors (Lipinski definition) is 4. The molecule has 3 fully saturated rings. The number of piperidine rings is 3. The second-order valence-electron chi connectivity index (χ2n) is 7.25. The third-order valence-electron chi connectivity index (χ3n) is 5.87. The molecule has 2 bridgehead atoms. The van der Waals surface area contributed by atoms with E-state index in [0.717, 1.165) is 28.0 Å². The molecule has 3 aliphatic rings. The summed E-state index contributed by atoms with van der Waals surface area (Å²) in [5, 5.41) is 1.11. The first kappa shape index (κ1) is 15.0. The molecule has 0 amide bonds. The van der Waals surface area contributed by atoms with Crippen molar-refractivity contribution in [3.63, 3.8) is 0 Å². The van der Waals surface area contributed by atoms with E-state index in [1.165, 1.54) is 25.9 Å². The van der Waals surface area contributed by atoms with Crippen LogP contribution in [0.25, 0.3) is 22.1 Å². The van der Waals surface area contributed by atoms with Gasteiger partial charge in [-0.25, -0.2) is 4.98 Å². The summed E-state index contributed by atoms with van der Waals surface area (Å²) >= 11 is 0. The van der Waals surface area contributed by atoms with Crippen molar-refractivity contribution in [2.45, 2.75) is 31.9 Å². The lowest BCUT2D eigenvalue weighted by atomic mass is 9.81. The van der Waals surface area contributed by atoms with E-state index in [-0.39, 0.29) is 6.10 Å². The molecule has 0 unspecified atom stereocenters. The molecule has 2 aromatic heterocycles. The van der Waals surface area contributed by atoms with Crippen molar-refractivity contribution < 1.29 is 9.15 Å². The zero-order chi connectivity index (χ0) is 16.8. The van der Waals surface area contributed by atoms with Crippen LogP contribution in [0.5, 0.6) is 5.88 Å². The number of nitrogens with zero attached hydrogens (tertiary/aromatic N) is 2. The van der Waals surface area contributed by atoms with Gasteiger partial charge in [-0.1, -0.05) is 6.07 Å². The third kappa shape index (κ3) is 2.61. The minimum atomic E-state index is 0.267. The normalized spacial score (nSPS) is 28.4. The van der Waals surface area contributed by atoms with Gasteiger partial charge in [0.25, 0.3) is 0 Å². The van der Waals surface area contributed by atoms with Crippen LogP contribution in [0.3, 0.4) is 0 Å². The Balaban J connectivity index is 1.36. The highest BCUT2D eigenvalue weighted by atomic mass is 16.5. The maximum atomic E-state index is 6.28. The van der Waals surface area contributed by atoms with Gasteiger partial charge in [0, 0.05) is 29.3 Å². The van der Waals surface area contributed by atoms with Crippen molar-refractivity contribution >= 4 is 11.0 Å². The standard InChI is InChI=1S/C21H22N2O2/c1-14-21(15-6-9-23(14)10-7-15)25-20-5-3-18(13-22-20)16-2-4-19-17(12-16)8-11-24-19/h2-5,8,11-15,21H,6-7,9-10H2,1H3/t14-,21-/m0/s1. The zero-order valence-corrected chi connectivity index (χ0v) is 14.4. The van der Waals surface area contributed by atoms with Crippen LogP contribution in [0, 0.1) is 5.92 Å². The molecule has 128 valence electrons. The Bertz CT molecular complexity index is 876. The van der Waals surface area contributed by atoms with Gasteiger partial charge in [-0.2, -0.15) is 0 Å². The molecule has 1 aromatic carbocycles.